The van der Waals surface area contributed by atoms with Crippen molar-refractivity contribution in [2.24, 2.45) is 0 Å². The van der Waals surface area contributed by atoms with E-state index in [0.29, 0.717) is 11.8 Å². The van der Waals surface area contributed by atoms with Crippen LogP contribution in [0.1, 0.15) is 43.4 Å². The molecule has 0 unspecified atom stereocenters. The van der Waals surface area contributed by atoms with Gasteiger partial charge in [-0.15, -0.1) is 0 Å². The molecule has 0 amide bonds. The normalized spacial score (nSPS) is 15.3. The Labute approximate surface area is 186 Å². The zero-order chi connectivity index (χ0) is 21.6. The lowest BCUT2D eigenvalue weighted by molar-refractivity contribution is 0.162. The second-order valence-corrected chi connectivity index (χ2v) is 8.30. The number of phenols is 1. The molecule has 1 aliphatic heterocycles. The van der Waals surface area contributed by atoms with E-state index in [4.69, 9.17) is 0 Å². The van der Waals surface area contributed by atoms with Gasteiger partial charge in [0.2, 0.25) is 0 Å². The molecule has 0 radical (unpaired) electrons. The minimum absolute atomic E-state index is 0.290. The molecule has 1 saturated heterocycles. The Morgan fingerprint density at radius 3 is 2.23 bits per heavy atom. The van der Waals surface area contributed by atoms with Gasteiger partial charge in [0.1, 0.15) is 5.75 Å². The van der Waals surface area contributed by atoms with E-state index < -0.39 is 0 Å². The van der Waals surface area contributed by atoms with Crippen molar-refractivity contribution in [1.82, 2.24) is 4.90 Å². The van der Waals surface area contributed by atoms with E-state index in [9.17, 15) is 5.11 Å². The van der Waals surface area contributed by atoms with Gasteiger partial charge in [0.05, 0.1) is 6.04 Å². The van der Waals surface area contributed by atoms with Crippen LogP contribution in [0.5, 0.6) is 5.75 Å². The molecule has 4 rings (SSSR count). The molecule has 0 bridgehead atoms. The number of allylic oxidation sites excluding steroid dienone is 1. The topological polar surface area (TPSA) is 35.5 Å². The molecule has 0 spiro atoms. The molecular weight excluding hydrogens is 380 g/mol. The van der Waals surface area contributed by atoms with Crippen LogP contribution in [0.4, 0.5) is 5.69 Å². The molecule has 3 heteroatoms. The molecule has 31 heavy (non-hydrogen) atoms. The summed E-state index contributed by atoms with van der Waals surface area (Å²) >= 11 is 0. The van der Waals surface area contributed by atoms with Gasteiger partial charge in [0, 0.05) is 18.8 Å². The Morgan fingerprint density at radius 1 is 0.871 bits per heavy atom. The predicted octanol–water partition coefficient (Wildman–Crippen LogP) is 6.27. The highest BCUT2D eigenvalue weighted by atomic mass is 16.3. The van der Waals surface area contributed by atoms with Crippen molar-refractivity contribution < 1.29 is 5.11 Å². The maximum Gasteiger partial charge on any atom is 0.116 e. The average molecular weight is 413 g/mol. The Kier molecular flexibility index (Phi) is 6.73. The van der Waals surface area contributed by atoms with Crippen molar-refractivity contribution in [3.63, 3.8) is 0 Å². The van der Waals surface area contributed by atoms with Gasteiger partial charge in [0.25, 0.3) is 0 Å². The van der Waals surface area contributed by atoms with E-state index in [1.54, 1.807) is 6.07 Å². The number of hydrogen-bond donors (Lipinski definition) is 2. The number of anilines is 1. The molecule has 1 heterocycles. The lowest BCUT2D eigenvalue weighted by Crippen LogP contribution is -2.54. The van der Waals surface area contributed by atoms with Crippen molar-refractivity contribution in [3.05, 3.63) is 95.6 Å². The van der Waals surface area contributed by atoms with Crippen molar-refractivity contribution in [3.8, 4) is 5.75 Å². The summed E-state index contributed by atoms with van der Waals surface area (Å²) in [6.45, 7) is 7.86. The molecule has 0 aromatic heterocycles. The third-order valence-electron chi connectivity index (χ3n) is 5.95. The largest absolute Gasteiger partial charge is 0.508 e. The zero-order valence-electron chi connectivity index (χ0n) is 18.5. The lowest BCUT2D eigenvalue weighted by Gasteiger charge is -2.40. The van der Waals surface area contributed by atoms with Gasteiger partial charge < -0.3 is 10.4 Å². The maximum atomic E-state index is 10.1. The van der Waals surface area contributed by atoms with Gasteiger partial charge in [0.15, 0.2) is 0 Å². The summed E-state index contributed by atoms with van der Waals surface area (Å²) in [6.07, 6.45) is 2.12. The van der Waals surface area contributed by atoms with E-state index in [0.717, 1.165) is 36.3 Å². The number of likely N-dealkylation sites (tertiary alicyclic amines) is 1. The van der Waals surface area contributed by atoms with Crippen molar-refractivity contribution >= 4 is 16.8 Å². The molecule has 3 aromatic rings. The average Bonchev–Trinajstić information content (AvgIpc) is 2.77. The van der Waals surface area contributed by atoms with Crippen LogP contribution in [-0.2, 0) is 0 Å². The number of benzene rings is 3. The fourth-order valence-electron chi connectivity index (χ4n) is 4.47. The van der Waals surface area contributed by atoms with Gasteiger partial charge in [-0.05, 0) is 71.5 Å². The first-order chi connectivity index (χ1) is 15.2. The van der Waals surface area contributed by atoms with Crippen LogP contribution >= 0.6 is 0 Å². The van der Waals surface area contributed by atoms with Gasteiger partial charge >= 0.3 is 0 Å². The minimum atomic E-state index is 0.290. The quantitative estimate of drug-likeness (QED) is 0.428. The summed E-state index contributed by atoms with van der Waals surface area (Å²) in [4.78, 5) is 2.49. The van der Waals surface area contributed by atoms with Crippen LogP contribution in [0.25, 0.3) is 11.1 Å². The zero-order valence-corrected chi connectivity index (χ0v) is 18.5. The molecule has 160 valence electrons. The van der Waals surface area contributed by atoms with E-state index in [1.165, 1.54) is 29.7 Å². The summed E-state index contributed by atoms with van der Waals surface area (Å²) in [5.74, 6) is 0.290. The summed E-state index contributed by atoms with van der Waals surface area (Å²) < 4.78 is 0. The fourth-order valence-corrected chi connectivity index (χ4v) is 4.47. The molecule has 3 aromatic carbocycles. The Hall–Kier alpha value is -3.04. The number of aromatic hydroxyl groups is 1. The first-order valence-corrected chi connectivity index (χ1v) is 11.3. The molecule has 0 saturated carbocycles. The molecule has 0 aliphatic carbocycles. The molecular formula is C28H32N2O. The number of hydrogen-bond acceptors (Lipinski definition) is 3. The number of nitrogens with one attached hydrogen (secondary N) is 1. The fraction of sp³-hybridized carbons (Fsp3) is 0.286. The van der Waals surface area contributed by atoms with E-state index in [-0.39, 0.29) is 0 Å². The second kappa shape index (κ2) is 9.84. The van der Waals surface area contributed by atoms with Gasteiger partial charge in [-0.3, -0.25) is 4.90 Å². The predicted molar refractivity (Wildman–Crippen MR) is 131 cm³/mol. The Morgan fingerprint density at radius 2 is 1.58 bits per heavy atom. The van der Waals surface area contributed by atoms with Crippen molar-refractivity contribution in [1.29, 1.82) is 0 Å². The van der Waals surface area contributed by atoms with Crippen molar-refractivity contribution in [2.45, 2.75) is 32.7 Å². The highest BCUT2D eigenvalue weighted by molar-refractivity contribution is 5.98. The maximum absolute atomic E-state index is 10.1. The van der Waals surface area contributed by atoms with Crippen LogP contribution in [0.2, 0.25) is 0 Å². The van der Waals surface area contributed by atoms with Crippen LogP contribution in [0.3, 0.4) is 0 Å². The summed E-state index contributed by atoms with van der Waals surface area (Å²) in [6, 6.07) is 27.4. The number of nitrogens with zero attached hydrogens (tertiary/aromatic N) is 1. The van der Waals surface area contributed by atoms with Crippen LogP contribution in [-0.4, -0.2) is 35.7 Å². The molecule has 1 fully saturated rings. The molecule has 0 atom stereocenters. The third-order valence-corrected chi connectivity index (χ3v) is 5.95. The smallest absolute Gasteiger partial charge is 0.116 e. The van der Waals surface area contributed by atoms with Gasteiger partial charge in [-0.1, -0.05) is 68.4 Å². The monoisotopic (exact) mass is 412 g/mol. The number of phenolic OH excluding ortho intramolecular Hbond substituents is 1. The lowest BCUT2D eigenvalue weighted by atomic mass is 9.88. The van der Waals surface area contributed by atoms with Gasteiger partial charge in [-0.25, -0.2) is 0 Å². The Balaban J connectivity index is 1.65. The van der Waals surface area contributed by atoms with Crippen LogP contribution in [0, 0.1) is 0 Å². The van der Waals surface area contributed by atoms with E-state index in [1.807, 2.05) is 18.2 Å². The Bertz CT molecular complexity index is 1020. The summed E-state index contributed by atoms with van der Waals surface area (Å²) in [5, 5.41) is 13.8. The summed E-state index contributed by atoms with van der Waals surface area (Å²) in [7, 11) is 0. The first-order valence-electron chi connectivity index (χ1n) is 11.3. The highest BCUT2D eigenvalue weighted by Crippen LogP contribution is 2.36. The van der Waals surface area contributed by atoms with Gasteiger partial charge in [-0.2, -0.15) is 0 Å². The van der Waals surface area contributed by atoms with Crippen molar-refractivity contribution in [2.75, 3.05) is 25.0 Å². The van der Waals surface area contributed by atoms with Crippen LogP contribution in [0.15, 0.2) is 78.9 Å². The third kappa shape index (κ3) is 5.00. The number of rotatable bonds is 8. The summed E-state index contributed by atoms with van der Waals surface area (Å²) in [5.41, 5.74) is 7.04. The molecule has 2 N–H and O–H groups in total. The second-order valence-electron chi connectivity index (χ2n) is 8.30. The van der Waals surface area contributed by atoms with Crippen LogP contribution < -0.4 is 5.32 Å². The SMILES string of the molecule is CCCN1CC(Nc2ccc(C(=C(CC)c3ccccc3)c3cccc(O)c3)cc2)C1. The minimum Gasteiger partial charge on any atom is -0.508 e. The van der Waals surface area contributed by atoms with E-state index in [2.05, 4.69) is 78.7 Å². The molecule has 3 nitrogen and oxygen atoms in total. The first kappa shape index (κ1) is 21.2. The highest BCUT2D eigenvalue weighted by Gasteiger charge is 2.25. The van der Waals surface area contributed by atoms with E-state index >= 15 is 0 Å². The standard InChI is InChI=1S/C28H32N2O/c1-3-17-30-19-25(20-30)29-24-15-13-22(14-16-24)28(23-11-8-12-26(31)18-23)27(4-2)21-9-6-5-7-10-21/h5-16,18,25,29,31H,3-4,17,19-20H2,1-2H3. The molecule has 1 aliphatic rings.